The highest BCUT2D eigenvalue weighted by molar-refractivity contribution is 7.90. The van der Waals surface area contributed by atoms with E-state index in [1.54, 1.807) is 20.2 Å². The molecule has 3 aromatic rings. The number of sulfonamides is 1. The third kappa shape index (κ3) is 4.73. The Balaban J connectivity index is 1.40. The summed E-state index contributed by atoms with van der Waals surface area (Å²) in [5.74, 6) is -1.44. The van der Waals surface area contributed by atoms with Gasteiger partial charge in [-0.05, 0) is 68.2 Å². The van der Waals surface area contributed by atoms with E-state index in [1.807, 2.05) is 12.1 Å². The molecule has 44 heavy (non-hydrogen) atoms. The zero-order valence-corrected chi connectivity index (χ0v) is 26.4. The number of carbonyl (C=O) groups excluding carboxylic acids is 3. The Labute approximate surface area is 258 Å². The molecule has 2 aromatic carbocycles. The van der Waals surface area contributed by atoms with Crippen molar-refractivity contribution in [2.45, 2.75) is 93.9 Å². The Bertz CT molecular complexity index is 1820. The van der Waals surface area contributed by atoms with Crippen LogP contribution in [0.25, 0.3) is 22.2 Å². The molecule has 2 heterocycles. The Morgan fingerprint density at radius 3 is 2.39 bits per heavy atom. The summed E-state index contributed by atoms with van der Waals surface area (Å²) in [7, 11) is -0.592. The van der Waals surface area contributed by atoms with Crippen molar-refractivity contribution in [3.05, 3.63) is 58.7 Å². The average Bonchev–Trinajstić information content (AvgIpc) is 3.58. The maximum absolute atomic E-state index is 13.3. The van der Waals surface area contributed by atoms with Gasteiger partial charge in [0.25, 0.3) is 5.91 Å². The molecule has 1 aliphatic heterocycles. The van der Waals surface area contributed by atoms with Crippen LogP contribution in [0.3, 0.4) is 0 Å². The number of carbonyl (C=O) groups is 3. The number of fused-ring (bicyclic) bond motifs is 7. The number of nitrogens with one attached hydrogen (secondary N) is 2. The first kappa shape index (κ1) is 29.1. The van der Waals surface area contributed by atoms with Gasteiger partial charge in [0.1, 0.15) is 0 Å². The molecule has 2 atom stereocenters. The number of amides is 3. The monoisotopic (exact) mass is 616 g/mol. The summed E-state index contributed by atoms with van der Waals surface area (Å²) in [5, 5.41) is 3.67. The van der Waals surface area contributed by atoms with E-state index >= 15 is 0 Å². The summed E-state index contributed by atoms with van der Waals surface area (Å²) in [4.78, 5) is 40.4. The lowest BCUT2D eigenvalue weighted by Gasteiger charge is -2.25. The fourth-order valence-corrected chi connectivity index (χ4v) is 9.24. The van der Waals surface area contributed by atoms with Crippen molar-refractivity contribution in [1.29, 1.82) is 0 Å². The van der Waals surface area contributed by atoms with E-state index < -0.39 is 38.5 Å². The third-order valence-electron chi connectivity index (χ3n) is 10.4. The number of hydrogen-bond acceptors (Lipinski definition) is 5. The fourth-order valence-electron chi connectivity index (χ4n) is 7.75. The maximum Gasteiger partial charge on any atom is 0.311 e. The van der Waals surface area contributed by atoms with Crippen LogP contribution in [0.1, 0.15) is 96.7 Å². The van der Waals surface area contributed by atoms with Crippen molar-refractivity contribution in [3.8, 4) is 11.3 Å². The van der Waals surface area contributed by atoms with Crippen molar-refractivity contribution >= 4 is 38.6 Å². The highest BCUT2D eigenvalue weighted by atomic mass is 32.2. The van der Waals surface area contributed by atoms with Gasteiger partial charge < -0.3 is 14.8 Å². The number of aromatic nitrogens is 1. The molecule has 10 heteroatoms. The van der Waals surface area contributed by atoms with E-state index in [-0.39, 0.29) is 11.5 Å². The van der Waals surface area contributed by atoms with Gasteiger partial charge in [-0.25, -0.2) is 13.1 Å². The van der Waals surface area contributed by atoms with Crippen molar-refractivity contribution < 1.29 is 22.8 Å². The lowest BCUT2D eigenvalue weighted by molar-refractivity contribution is -0.144. The minimum absolute atomic E-state index is 0.0459. The summed E-state index contributed by atoms with van der Waals surface area (Å²) in [6, 6.07) is 12.0. The molecule has 4 aliphatic rings. The molecule has 9 nitrogen and oxygen atoms in total. The van der Waals surface area contributed by atoms with Gasteiger partial charge in [-0.2, -0.15) is 0 Å². The SMILES string of the molecule is Cc1ccc2c(c1)C1CC1(NC(=O)C(=O)N(C)C)Cn1c-2c(C2CCCCC2)c2ccc(C(=O)NS(=O)(=O)C3CCC3)cc21. The smallest absolute Gasteiger partial charge is 0.311 e. The zero-order valence-electron chi connectivity index (χ0n) is 25.6. The topological polar surface area (TPSA) is 118 Å². The Kier molecular flexibility index (Phi) is 6.91. The van der Waals surface area contributed by atoms with E-state index in [9.17, 15) is 22.8 Å². The van der Waals surface area contributed by atoms with Crippen LogP contribution in [0.2, 0.25) is 0 Å². The fraction of sp³-hybridized carbons (Fsp3) is 0.500. The zero-order chi connectivity index (χ0) is 31.0. The molecule has 7 rings (SSSR count). The van der Waals surface area contributed by atoms with Crippen LogP contribution in [0.15, 0.2) is 36.4 Å². The first-order valence-electron chi connectivity index (χ1n) is 15.9. The van der Waals surface area contributed by atoms with Crippen LogP contribution in [0.5, 0.6) is 0 Å². The van der Waals surface area contributed by atoms with Gasteiger partial charge in [-0.3, -0.25) is 14.4 Å². The van der Waals surface area contributed by atoms with Crippen LogP contribution in [0.4, 0.5) is 0 Å². The normalized spacial score (nSPS) is 23.0. The van der Waals surface area contributed by atoms with Crippen LogP contribution < -0.4 is 10.0 Å². The summed E-state index contributed by atoms with van der Waals surface area (Å²) < 4.78 is 30.2. The second kappa shape index (κ2) is 10.5. The molecule has 3 amide bonds. The van der Waals surface area contributed by atoms with Gasteiger partial charge in [-0.15, -0.1) is 0 Å². The number of aryl methyl sites for hydroxylation is 1. The number of likely N-dealkylation sites (N-methyl/N-ethyl adjacent to an activating group) is 1. The maximum atomic E-state index is 13.3. The second-order valence-electron chi connectivity index (χ2n) is 13.6. The molecule has 0 radical (unpaired) electrons. The predicted molar refractivity (Wildman–Crippen MR) is 169 cm³/mol. The lowest BCUT2D eigenvalue weighted by Crippen LogP contribution is -2.47. The first-order valence-corrected chi connectivity index (χ1v) is 17.4. The summed E-state index contributed by atoms with van der Waals surface area (Å²) in [6.07, 6.45) is 8.40. The molecule has 0 spiro atoms. The van der Waals surface area contributed by atoms with Crippen molar-refractivity contribution in [2.75, 3.05) is 14.1 Å². The number of hydrogen-bond donors (Lipinski definition) is 2. The van der Waals surface area contributed by atoms with Gasteiger partial charge in [0.05, 0.1) is 16.5 Å². The standard InChI is InChI=1S/C34H40N4O5S/c1-20-12-14-24-26(16-20)27-18-34(27,35-32(40)33(41)37(2)3)19-38-28-17-22(31(39)36-44(42,43)23-10-7-11-23)13-15-25(28)29(30(24)38)21-8-5-4-6-9-21/h12-17,21,23,27H,4-11,18-19H2,1-3H3,(H,35,40)(H,36,39). The average molecular weight is 617 g/mol. The molecule has 232 valence electrons. The molecule has 2 unspecified atom stereocenters. The van der Waals surface area contributed by atoms with Crippen molar-refractivity contribution in [3.63, 3.8) is 0 Å². The highest BCUT2D eigenvalue weighted by Gasteiger charge is 2.59. The molecule has 3 fully saturated rings. The van der Waals surface area contributed by atoms with Crippen LogP contribution in [-0.4, -0.2) is 60.5 Å². The summed E-state index contributed by atoms with van der Waals surface area (Å²) in [6.45, 7) is 2.52. The molecule has 3 saturated carbocycles. The van der Waals surface area contributed by atoms with Crippen LogP contribution >= 0.6 is 0 Å². The largest absolute Gasteiger partial charge is 0.341 e. The molecular formula is C34H40N4O5S. The van der Waals surface area contributed by atoms with Gasteiger partial charge in [0.15, 0.2) is 0 Å². The lowest BCUT2D eigenvalue weighted by atomic mass is 9.81. The minimum Gasteiger partial charge on any atom is -0.341 e. The van der Waals surface area contributed by atoms with Crippen LogP contribution in [-0.2, 0) is 26.2 Å². The first-order chi connectivity index (χ1) is 21.0. The van der Waals surface area contributed by atoms with Crippen molar-refractivity contribution in [2.24, 2.45) is 0 Å². The van der Waals surface area contributed by atoms with E-state index in [1.165, 1.54) is 22.4 Å². The number of rotatable bonds is 5. The quantitative estimate of drug-likeness (QED) is 0.403. The molecule has 0 bridgehead atoms. The molecule has 3 aliphatic carbocycles. The van der Waals surface area contributed by atoms with Crippen LogP contribution in [0, 0.1) is 6.92 Å². The summed E-state index contributed by atoms with van der Waals surface area (Å²) >= 11 is 0. The Morgan fingerprint density at radius 2 is 1.70 bits per heavy atom. The van der Waals surface area contributed by atoms with Gasteiger partial charge in [-0.1, -0.05) is 55.5 Å². The molecule has 1 aromatic heterocycles. The highest BCUT2D eigenvalue weighted by Crippen LogP contribution is 2.59. The summed E-state index contributed by atoms with van der Waals surface area (Å²) in [5.41, 5.74) is 6.30. The Morgan fingerprint density at radius 1 is 0.955 bits per heavy atom. The number of benzene rings is 2. The van der Waals surface area contributed by atoms with E-state index in [0.29, 0.717) is 31.7 Å². The molecule has 2 N–H and O–H groups in total. The molecular weight excluding hydrogens is 576 g/mol. The second-order valence-corrected chi connectivity index (χ2v) is 15.6. The predicted octanol–water partition coefficient (Wildman–Crippen LogP) is 4.72. The molecule has 0 saturated heterocycles. The van der Waals surface area contributed by atoms with Gasteiger partial charge in [0.2, 0.25) is 10.0 Å². The minimum atomic E-state index is -3.73. The van der Waals surface area contributed by atoms with Gasteiger partial charge >= 0.3 is 11.8 Å². The van der Waals surface area contributed by atoms with E-state index in [2.05, 4.69) is 39.7 Å². The third-order valence-corrected chi connectivity index (χ3v) is 12.2. The Hall–Kier alpha value is -3.66. The van der Waals surface area contributed by atoms with Gasteiger partial charge in [0, 0.05) is 48.6 Å². The van der Waals surface area contributed by atoms with E-state index in [0.717, 1.165) is 59.8 Å². The number of nitrogens with zero attached hydrogens (tertiary/aromatic N) is 2. The van der Waals surface area contributed by atoms with Crippen molar-refractivity contribution in [1.82, 2.24) is 19.5 Å². The van der Waals surface area contributed by atoms with E-state index in [4.69, 9.17) is 0 Å².